The zero-order chi connectivity index (χ0) is 50.9. The van der Waals surface area contributed by atoms with E-state index in [1.165, 1.54) is 135 Å². The fourth-order valence-electron chi connectivity index (χ4n) is 8.82. The minimum absolute atomic E-state index is 0.0620. The van der Waals surface area contributed by atoms with Gasteiger partial charge in [-0.05, 0) is 51.4 Å². The van der Waals surface area contributed by atoms with Crippen molar-refractivity contribution in [3.05, 3.63) is 36.5 Å². The third kappa shape index (κ3) is 30.4. The minimum Gasteiger partial charge on any atom is -0.457 e. The Hall–Kier alpha value is -1.79. The first-order chi connectivity index (χ1) is 34.1. The van der Waals surface area contributed by atoms with Gasteiger partial charge in [-0.2, -0.15) is 0 Å². The first-order valence-corrected chi connectivity index (χ1v) is 28.1. The first kappa shape index (κ1) is 64.3. The second kappa shape index (κ2) is 43.6. The van der Waals surface area contributed by atoms with Crippen LogP contribution in [0.1, 0.15) is 213 Å². The molecule has 0 saturated carbocycles. The summed E-state index contributed by atoms with van der Waals surface area (Å²) in [7, 11) is 0. The molecule has 0 amide bonds. The van der Waals surface area contributed by atoms with Gasteiger partial charge < -0.3 is 64.2 Å². The highest BCUT2D eigenvalue weighted by molar-refractivity contribution is 5.69. The van der Waals surface area contributed by atoms with Gasteiger partial charge in [-0.1, -0.05) is 192 Å². The molecule has 2 heterocycles. The van der Waals surface area contributed by atoms with Crippen molar-refractivity contribution in [3.63, 3.8) is 0 Å². The zero-order valence-electron chi connectivity index (χ0n) is 43.8. The van der Waals surface area contributed by atoms with Crippen molar-refractivity contribution < 1.29 is 69.0 Å². The Morgan fingerprint density at radius 2 is 0.886 bits per heavy atom. The maximum absolute atomic E-state index is 13.0. The van der Waals surface area contributed by atoms with Crippen LogP contribution in [0, 0.1) is 0 Å². The molecule has 11 atom stereocenters. The van der Waals surface area contributed by atoms with E-state index in [9.17, 15) is 40.5 Å². The summed E-state index contributed by atoms with van der Waals surface area (Å²) in [6.07, 6.45) is 33.6. The van der Waals surface area contributed by atoms with E-state index in [4.69, 9.17) is 28.4 Å². The van der Waals surface area contributed by atoms with Crippen LogP contribution < -0.4 is 0 Å². The Morgan fingerprint density at radius 1 is 0.471 bits per heavy atom. The van der Waals surface area contributed by atoms with Gasteiger partial charge in [0, 0.05) is 13.0 Å². The largest absolute Gasteiger partial charge is 0.457 e. The molecule has 0 bridgehead atoms. The highest BCUT2D eigenvalue weighted by Crippen LogP contribution is 2.26. The molecule has 70 heavy (non-hydrogen) atoms. The van der Waals surface area contributed by atoms with Gasteiger partial charge in [-0.3, -0.25) is 4.79 Å². The molecule has 0 aromatic carbocycles. The topological polar surface area (TPSA) is 214 Å². The molecule has 7 N–H and O–H groups in total. The summed E-state index contributed by atoms with van der Waals surface area (Å²) in [5.41, 5.74) is 0. The summed E-state index contributed by atoms with van der Waals surface area (Å²) >= 11 is 0. The van der Waals surface area contributed by atoms with E-state index >= 15 is 0 Å². The number of esters is 1. The summed E-state index contributed by atoms with van der Waals surface area (Å²) in [5.74, 6) is -0.378. The Kier molecular flexibility index (Phi) is 40.1. The lowest BCUT2D eigenvalue weighted by molar-refractivity contribution is -0.332. The third-order valence-corrected chi connectivity index (χ3v) is 13.4. The summed E-state index contributed by atoms with van der Waals surface area (Å²) in [6.45, 7) is 3.67. The minimum atomic E-state index is -1.70. The predicted molar refractivity (Wildman–Crippen MR) is 275 cm³/mol. The molecule has 2 fully saturated rings. The molecule has 0 radical (unpaired) electrons. The number of aliphatic hydroxyl groups excluding tert-OH is 7. The van der Waals surface area contributed by atoms with Gasteiger partial charge in [-0.25, -0.2) is 0 Å². The number of unbranched alkanes of at least 4 members (excludes halogenated alkanes) is 25. The quantitative estimate of drug-likeness (QED) is 0.0172. The van der Waals surface area contributed by atoms with Crippen molar-refractivity contribution in [2.75, 3.05) is 33.0 Å². The third-order valence-electron chi connectivity index (χ3n) is 13.4. The highest BCUT2D eigenvalue weighted by atomic mass is 16.7. The van der Waals surface area contributed by atoms with Crippen molar-refractivity contribution in [1.29, 1.82) is 0 Å². The van der Waals surface area contributed by atoms with E-state index in [1.807, 2.05) is 0 Å². The lowest BCUT2D eigenvalue weighted by atomic mass is 9.98. The summed E-state index contributed by atoms with van der Waals surface area (Å²) in [5, 5.41) is 72.1. The lowest BCUT2D eigenvalue weighted by Gasteiger charge is -2.42. The average molecular weight is 999 g/mol. The molecule has 14 heteroatoms. The van der Waals surface area contributed by atoms with Gasteiger partial charge in [0.05, 0.1) is 26.4 Å². The van der Waals surface area contributed by atoms with Crippen LogP contribution in [0.25, 0.3) is 0 Å². The van der Waals surface area contributed by atoms with Crippen LogP contribution in [0.15, 0.2) is 36.5 Å². The molecule has 2 aliphatic rings. The van der Waals surface area contributed by atoms with Gasteiger partial charge in [0.2, 0.25) is 0 Å². The molecule has 0 aromatic heterocycles. The fraction of sp³-hybridized carbons (Fsp3) is 0.875. The molecule has 2 rings (SSSR count). The Bertz CT molecular complexity index is 1300. The van der Waals surface area contributed by atoms with Crippen LogP contribution in [-0.4, -0.2) is 142 Å². The van der Waals surface area contributed by atoms with Crippen molar-refractivity contribution >= 4 is 5.97 Å². The number of allylic oxidation sites excluding steroid dienone is 6. The number of rotatable bonds is 45. The molecular formula is C56H102O14. The first-order valence-electron chi connectivity index (χ1n) is 28.1. The molecule has 2 saturated heterocycles. The zero-order valence-corrected chi connectivity index (χ0v) is 43.8. The van der Waals surface area contributed by atoms with E-state index < -0.39 is 80.7 Å². The van der Waals surface area contributed by atoms with Gasteiger partial charge in [-0.15, -0.1) is 0 Å². The average Bonchev–Trinajstić information content (AvgIpc) is 3.36. The van der Waals surface area contributed by atoms with Crippen LogP contribution in [0.4, 0.5) is 0 Å². The molecule has 0 aliphatic carbocycles. The Balaban J connectivity index is 1.66. The molecule has 2 aliphatic heterocycles. The Labute approximate surface area is 423 Å². The van der Waals surface area contributed by atoms with Crippen LogP contribution in [-0.2, 0) is 33.2 Å². The maximum atomic E-state index is 13.0. The van der Waals surface area contributed by atoms with E-state index in [0.717, 1.165) is 51.4 Å². The van der Waals surface area contributed by atoms with E-state index in [0.29, 0.717) is 13.0 Å². The molecule has 0 aromatic rings. The summed E-state index contributed by atoms with van der Waals surface area (Å²) < 4.78 is 34.3. The Morgan fingerprint density at radius 3 is 1.39 bits per heavy atom. The lowest BCUT2D eigenvalue weighted by Crippen LogP contribution is -2.61. The number of carbonyl (C=O) groups excluding carboxylic acids is 1. The van der Waals surface area contributed by atoms with Crippen LogP contribution >= 0.6 is 0 Å². The fourth-order valence-corrected chi connectivity index (χ4v) is 8.82. The molecule has 14 nitrogen and oxygen atoms in total. The summed E-state index contributed by atoms with van der Waals surface area (Å²) in [6, 6.07) is 0. The highest BCUT2D eigenvalue weighted by Gasteiger charge is 2.47. The van der Waals surface area contributed by atoms with Crippen molar-refractivity contribution in [2.45, 2.75) is 280 Å². The SMILES string of the molecule is CCCCCCC/C=C\C/C=C\C/C=C\CCCCCCCCCCCCCOCC(COC1OC(COC2OC(CO)C(O)C(O)C2O)C(O)C(O)C1O)OC(=O)CCCCCCCCCCCC. The maximum Gasteiger partial charge on any atom is 0.306 e. The van der Waals surface area contributed by atoms with Gasteiger partial charge in [0.1, 0.15) is 54.9 Å². The second-order valence-electron chi connectivity index (χ2n) is 19.8. The van der Waals surface area contributed by atoms with Crippen LogP contribution in [0.3, 0.4) is 0 Å². The monoisotopic (exact) mass is 999 g/mol. The number of hydrogen-bond acceptors (Lipinski definition) is 14. The smallest absolute Gasteiger partial charge is 0.306 e. The molecule has 0 spiro atoms. The number of hydrogen-bond donors (Lipinski definition) is 7. The standard InChI is InChI=1S/C56H102O14/c1-3-5-7-9-11-13-15-16-17-18-19-20-21-22-23-24-25-26-27-28-29-30-32-34-36-38-40-65-42-45(68-48(58)39-37-35-33-31-14-12-10-8-6-4-2)43-66-55-54(64)52(62)50(60)47(70-55)44-67-56-53(63)51(61)49(59)46(41-57)69-56/h15-16,18-19,21-22,45-47,49-57,59-64H,3-14,17,20,23-44H2,1-2H3/b16-15-,19-18-,22-21-. The molecule has 410 valence electrons. The van der Waals surface area contributed by atoms with Crippen molar-refractivity contribution in [1.82, 2.24) is 0 Å². The van der Waals surface area contributed by atoms with Crippen molar-refractivity contribution in [2.24, 2.45) is 0 Å². The van der Waals surface area contributed by atoms with Crippen LogP contribution in [0.5, 0.6) is 0 Å². The van der Waals surface area contributed by atoms with E-state index in [1.54, 1.807) is 0 Å². The van der Waals surface area contributed by atoms with Gasteiger partial charge in [0.25, 0.3) is 0 Å². The second-order valence-corrected chi connectivity index (χ2v) is 19.8. The van der Waals surface area contributed by atoms with Crippen LogP contribution in [0.2, 0.25) is 0 Å². The van der Waals surface area contributed by atoms with E-state index in [2.05, 4.69) is 50.3 Å². The van der Waals surface area contributed by atoms with Gasteiger partial charge >= 0.3 is 5.97 Å². The van der Waals surface area contributed by atoms with E-state index in [-0.39, 0.29) is 25.6 Å². The molecular weight excluding hydrogens is 897 g/mol. The van der Waals surface area contributed by atoms with Crippen molar-refractivity contribution in [3.8, 4) is 0 Å². The molecule has 11 unspecified atom stereocenters. The number of aliphatic hydroxyl groups is 7. The predicted octanol–water partition coefficient (Wildman–Crippen LogP) is 9.36. The number of carbonyl (C=O) groups is 1. The van der Waals surface area contributed by atoms with Gasteiger partial charge in [0.15, 0.2) is 12.6 Å². The summed E-state index contributed by atoms with van der Waals surface area (Å²) in [4.78, 5) is 13.0. The normalized spacial score (nSPS) is 25.7. The number of ether oxygens (including phenoxy) is 6.